The van der Waals surface area contributed by atoms with E-state index in [1.54, 1.807) is 18.3 Å². The first kappa shape index (κ1) is 19.5. The Morgan fingerprint density at radius 2 is 2.10 bits per heavy atom. The standard InChI is InChI=1S/C13H11NO2.C12H13N3/c15-13-10-6-3-7-14-11(10)8-12(16-13)9-4-1-2-5-9;13-6-9-1-3-11(4-2-9)15-8-10-5-12(15)7-14-10/h3-4,6-8H,1-2,5H2;1-4,10,12,14H,5,7-8H2. The normalized spacial score (nSPS) is 21.5. The highest BCUT2D eigenvalue weighted by Crippen LogP contribution is 2.29. The first-order valence-corrected chi connectivity index (χ1v) is 10.8. The van der Waals surface area contributed by atoms with Crippen LogP contribution in [0, 0.1) is 11.3 Å². The molecule has 1 aliphatic carbocycles. The van der Waals surface area contributed by atoms with Crippen LogP contribution in [0.3, 0.4) is 0 Å². The summed E-state index contributed by atoms with van der Waals surface area (Å²) in [5.41, 5.74) is 3.53. The number of hydrogen-bond acceptors (Lipinski definition) is 6. The number of aromatic nitrogens is 1. The van der Waals surface area contributed by atoms with Crippen molar-refractivity contribution < 1.29 is 4.42 Å². The Kier molecular flexibility index (Phi) is 5.27. The third-order valence-corrected chi connectivity index (χ3v) is 6.27. The van der Waals surface area contributed by atoms with E-state index in [1.165, 1.54) is 12.1 Å². The Bertz CT molecular complexity index is 1220. The number of nitrogens with one attached hydrogen (secondary N) is 1. The van der Waals surface area contributed by atoms with Gasteiger partial charge in [0, 0.05) is 43.1 Å². The van der Waals surface area contributed by atoms with Gasteiger partial charge in [-0.3, -0.25) is 4.98 Å². The molecule has 0 spiro atoms. The van der Waals surface area contributed by atoms with Crippen LogP contribution in [0.4, 0.5) is 5.69 Å². The molecule has 0 saturated carbocycles. The van der Waals surface area contributed by atoms with Crippen molar-refractivity contribution >= 4 is 22.2 Å². The number of benzene rings is 1. The van der Waals surface area contributed by atoms with Gasteiger partial charge in [-0.1, -0.05) is 6.08 Å². The molecule has 2 aliphatic heterocycles. The number of pyridine rings is 1. The van der Waals surface area contributed by atoms with Crippen LogP contribution in [0.2, 0.25) is 0 Å². The van der Waals surface area contributed by atoms with E-state index in [0.717, 1.165) is 43.5 Å². The van der Waals surface area contributed by atoms with Gasteiger partial charge in [0.1, 0.15) is 5.76 Å². The Labute approximate surface area is 180 Å². The Balaban J connectivity index is 0.000000132. The lowest BCUT2D eigenvalue weighted by Gasteiger charge is -2.29. The molecule has 6 heteroatoms. The molecule has 1 aromatic carbocycles. The highest BCUT2D eigenvalue weighted by Gasteiger charge is 2.37. The number of nitrogens with zero attached hydrogens (tertiary/aromatic N) is 3. The topological polar surface area (TPSA) is 82.2 Å². The quantitative estimate of drug-likeness (QED) is 0.688. The highest BCUT2D eigenvalue weighted by molar-refractivity contribution is 5.79. The van der Waals surface area contributed by atoms with E-state index in [1.807, 2.05) is 18.2 Å². The molecular weight excluding hydrogens is 388 g/mol. The van der Waals surface area contributed by atoms with Gasteiger partial charge in [-0.2, -0.15) is 5.26 Å². The van der Waals surface area contributed by atoms with E-state index in [4.69, 9.17) is 9.68 Å². The second kappa shape index (κ2) is 8.37. The zero-order valence-electron chi connectivity index (χ0n) is 17.3. The number of piperazine rings is 1. The fourth-order valence-corrected chi connectivity index (χ4v) is 4.67. The zero-order chi connectivity index (χ0) is 21.2. The minimum Gasteiger partial charge on any atom is -0.423 e. The number of fused-ring (bicyclic) bond motifs is 3. The zero-order valence-corrected chi connectivity index (χ0v) is 17.3. The van der Waals surface area contributed by atoms with Gasteiger partial charge in [-0.05, 0) is 67.7 Å². The highest BCUT2D eigenvalue weighted by atomic mass is 16.4. The number of allylic oxidation sites excluding steroid dienone is 2. The van der Waals surface area contributed by atoms with Crippen molar-refractivity contribution in [3.05, 3.63) is 76.5 Å². The minimum absolute atomic E-state index is 0.298. The summed E-state index contributed by atoms with van der Waals surface area (Å²) in [6.45, 7) is 2.21. The maximum atomic E-state index is 11.7. The SMILES string of the molecule is N#Cc1ccc(N2CC3CC2CN3)cc1.O=c1oc(C2=CCCC2)cc2ncccc12. The molecule has 1 N–H and O–H groups in total. The molecule has 2 fully saturated rings. The Morgan fingerprint density at radius 3 is 2.77 bits per heavy atom. The molecule has 6 nitrogen and oxygen atoms in total. The number of rotatable bonds is 2. The van der Waals surface area contributed by atoms with Crippen LogP contribution in [0.25, 0.3) is 16.5 Å². The molecule has 2 saturated heterocycles. The van der Waals surface area contributed by atoms with Crippen LogP contribution >= 0.6 is 0 Å². The third-order valence-electron chi connectivity index (χ3n) is 6.27. The molecule has 0 amide bonds. The molecular formula is C25H24N4O2. The molecule has 2 unspecified atom stereocenters. The Hall–Kier alpha value is -3.43. The summed E-state index contributed by atoms with van der Waals surface area (Å²) in [4.78, 5) is 18.4. The molecule has 6 rings (SSSR count). The second-order valence-electron chi connectivity index (χ2n) is 8.26. The largest absolute Gasteiger partial charge is 0.423 e. The van der Waals surface area contributed by atoms with Crippen LogP contribution < -0.4 is 15.8 Å². The van der Waals surface area contributed by atoms with Crippen LogP contribution in [0.1, 0.15) is 37.0 Å². The van der Waals surface area contributed by atoms with Gasteiger partial charge in [-0.25, -0.2) is 4.79 Å². The second-order valence-corrected chi connectivity index (χ2v) is 8.26. The molecule has 2 bridgehead atoms. The summed E-state index contributed by atoms with van der Waals surface area (Å²) in [5.74, 6) is 0.675. The van der Waals surface area contributed by atoms with Gasteiger partial charge in [0.15, 0.2) is 0 Å². The third kappa shape index (κ3) is 3.97. The lowest BCUT2D eigenvalue weighted by atomic mass is 10.1. The Morgan fingerprint density at radius 1 is 1.23 bits per heavy atom. The summed E-state index contributed by atoms with van der Waals surface area (Å²) in [7, 11) is 0. The van der Waals surface area contributed by atoms with E-state index in [0.29, 0.717) is 28.7 Å². The molecule has 2 aromatic heterocycles. The fourth-order valence-electron chi connectivity index (χ4n) is 4.67. The summed E-state index contributed by atoms with van der Waals surface area (Å²) >= 11 is 0. The van der Waals surface area contributed by atoms with Crippen molar-refractivity contribution in [2.75, 3.05) is 18.0 Å². The van der Waals surface area contributed by atoms with E-state index < -0.39 is 0 Å². The van der Waals surface area contributed by atoms with Crippen molar-refractivity contribution in [3.8, 4) is 6.07 Å². The number of anilines is 1. The summed E-state index contributed by atoms with van der Waals surface area (Å²) in [6, 6.07) is 16.7. The van der Waals surface area contributed by atoms with Crippen LogP contribution in [-0.2, 0) is 0 Å². The van der Waals surface area contributed by atoms with E-state index >= 15 is 0 Å². The van der Waals surface area contributed by atoms with Gasteiger partial charge in [0.05, 0.1) is 22.5 Å². The summed E-state index contributed by atoms with van der Waals surface area (Å²) in [5, 5.41) is 12.8. The van der Waals surface area contributed by atoms with Gasteiger partial charge < -0.3 is 14.6 Å². The summed E-state index contributed by atoms with van der Waals surface area (Å²) < 4.78 is 5.31. The first-order valence-electron chi connectivity index (χ1n) is 10.8. The maximum absolute atomic E-state index is 11.7. The molecule has 156 valence electrons. The average Bonchev–Trinajstić information content (AvgIpc) is 3.58. The molecule has 2 atom stereocenters. The minimum atomic E-state index is -0.298. The van der Waals surface area contributed by atoms with Gasteiger partial charge in [-0.15, -0.1) is 0 Å². The van der Waals surface area contributed by atoms with E-state index in [-0.39, 0.29) is 5.63 Å². The average molecular weight is 412 g/mol. The lowest BCUT2D eigenvalue weighted by Crippen LogP contribution is -2.43. The molecule has 4 heterocycles. The first-order chi connectivity index (χ1) is 15.2. The van der Waals surface area contributed by atoms with Crippen LogP contribution in [-0.4, -0.2) is 30.2 Å². The lowest BCUT2D eigenvalue weighted by molar-refractivity contribution is 0.504. The smallest absolute Gasteiger partial charge is 0.345 e. The van der Waals surface area contributed by atoms with E-state index in [2.05, 4.69) is 39.5 Å². The molecule has 3 aliphatic rings. The maximum Gasteiger partial charge on any atom is 0.345 e. The monoisotopic (exact) mass is 412 g/mol. The fraction of sp³-hybridized carbons (Fsp3) is 0.320. The molecule has 3 aromatic rings. The van der Waals surface area contributed by atoms with Crippen molar-refractivity contribution in [2.45, 2.75) is 37.8 Å². The molecule has 0 radical (unpaired) electrons. The predicted octanol–water partition coefficient (Wildman–Crippen LogP) is 3.86. The van der Waals surface area contributed by atoms with Crippen molar-refractivity contribution in [1.29, 1.82) is 5.26 Å². The number of hydrogen-bond donors (Lipinski definition) is 1. The van der Waals surface area contributed by atoms with Gasteiger partial charge in [0.2, 0.25) is 0 Å². The van der Waals surface area contributed by atoms with Crippen molar-refractivity contribution in [3.63, 3.8) is 0 Å². The van der Waals surface area contributed by atoms with Gasteiger partial charge in [0.25, 0.3) is 0 Å². The number of nitriles is 1. The molecule has 31 heavy (non-hydrogen) atoms. The van der Waals surface area contributed by atoms with E-state index in [9.17, 15) is 4.79 Å². The van der Waals surface area contributed by atoms with Crippen molar-refractivity contribution in [1.82, 2.24) is 10.3 Å². The van der Waals surface area contributed by atoms with Gasteiger partial charge >= 0.3 is 5.63 Å². The van der Waals surface area contributed by atoms with Crippen LogP contribution in [0.5, 0.6) is 0 Å². The predicted molar refractivity (Wildman–Crippen MR) is 121 cm³/mol. The summed E-state index contributed by atoms with van der Waals surface area (Å²) in [6.07, 6.45) is 8.28. The van der Waals surface area contributed by atoms with Crippen molar-refractivity contribution in [2.24, 2.45) is 0 Å². The van der Waals surface area contributed by atoms with Crippen LogP contribution in [0.15, 0.2) is 63.9 Å².